The monoisotopic (exact) mass is 541 g/mol. The van der Waals surface area contributed by atoms with Gasteiger partial charge in [0.25, 0.3) is 5.91 Å². The minimum atomic E-state index is -0.0749. The van der Waals surface area contributed by atoms with Crippen LogP contribution in [0.15, 0.2) is 84.0 Å². The largest absolute Gasteiger partial charge is 0.497 e. The number of piperazine rings is 1. The molecule has 0 saturated carbocycles. The highest BCUT2D eigenvalue weighted by atomic mass is 32.2. The first kappa shape index (κ1) is 26.5. The lowest BCUT2D eigenvalue weighted by Crippen LogP contribution is -2.55. The molecule has 1 aliphatic heterocycles. The van der Waals surface area contributed by atoms with Crippen molar-refractivity contribution in [1.82, 2.24) is 24.6 Å². The van der Waals surface area contributed by atoms with Gasteiger partial charge in [-0.15, -0.1) is 10.2 Å². The third kappa shape index (κ3) is 5.83. The van der Waals surface area contributed by atoms with Crippen LogP contribution in [0.1, 0.15) is 22.8 Å². The SMILES string of the molecule is COc1cccc(-c2nnc(SCC(=O)N3CCN(C(=O)c4ccc(C)cc4)C(C)C3)n2-c2ccccc2)c1. The van der Waals surface area contributed by atoms with Gasteiger partial charge < -0.3 is 14.5 Å². The normalized spacial score (nSPS) is 15.3. The van der Waals surface area contributed by atoms with E-state index < -0.39 is 0 Å². The molecule has 5 rings (SSSR count). The van der Waals surface area contributed by atoms with E-state index >= 15 is 0 Å². The van der Waals surface area contributed by atoms with Crippen LogP contribution in [0.2, 0.25) is 0 Å². The van der Waals surface area contributed by atoms with Gasteiger partial charge >= 0.3 is 0 Å². The Balaban J connectivity index is 1.28. The molecule has 0 spiro atoms. The average Bonchev–Trinajstić information content (AvgIpc) is 3.40. The van der Waals surface area contributed by atoms with Gasteiger partial charge in [0.1, 0.15) is 5.75 Å². The van der Waals surface area contributed by atoms with E-state index in [1.54, 1.807) is 7.11 Å². The Bertz CT molecular complexity index is 1460. The number of carbonyl (C=O) groups is 2. The van der Waals surface area contributed by atoms with E-state index in [0.717, 1.165) is 22.6 Å². The Morgan fingerprint density at radius 1 is 0.974 bits per heavy atom. The molecule has 1 saturated heterocycles. The van der Waals surface area contributed by atoms with Crippen LogP contribution >= 0.6 is 11.8 Å². The van der Waals surface area contributed by atoms with Crippen LogP contribution in [0.5, 0.6) is 5.75 Å². The number of aromatic nitrogens is 3. The second-order valence-electron chi connectivity index (χ2n) is 9.55. The summed E-state index contributed by atoms with van der Waals surface area (Å²) in [5.74, 6) is 1.65. The molecule has 9 heteroatoms. The fourth-order valence-corrected chi connectivity index (χ4v) is 5.54. The number of methoxy groups -OCH3 is 1. The molecule has 39 heavy (non-hydrogen) atoms. The van der Waals surface area contributed by atoms with Crippen LogP contribution in [-0.2, 0) is 4.79 Å². The first-order chi connectivity index (χ1) is 18.9. The number of amides is 2. The molecule has 2 amide bonds. The highest BCUT2D eigenvalue weighted by Gasteiger charge is 2.30. The minimum absolute atomic E-state index is 0.00464. The third-order valence-corrected chi connectivity index (χ3v) is 7.75. The van der Waals surface area contributed by atoms with E-state index in [1.807, 2.05) is 107 Å². The van der Waals surface area contributed by atoms with Crippen molar-refractivity contribution >= 4 is 23.6 Å². The zero-order valence-electron chi connectivity index (χ0n) is 22.3. The van der Waals surface area contributed by atoms with E-state index in [9.17, 15) is 9.59 Å². The number of hydrogen-bond acceptors (Lipinski definition) is 6. The Morgan fingerprint density at radius 3 is 2.46 bits per heavy atom. The molecule has 1 unspecified atom stereocenters. The van der Waals surface area contributed by atoms with Gasteiger partial charge in [0.05, 0.1) is 12.9 Å². The van der Waals surface area contributed by atoms with Crippen molar-refractivity contribution in [3.8, 4) is 22.8 Å². The first-order valence-electron chi connectivity index (χ1n) is 12.9. The van der Waals surface area contributed by atoms with E-state index in [0.29, 0.717) is 36.2 Å². The highest BCUT2D eigenvalue weighted by Crippen LogP contribution is 2.30. The number of carbonyl (C=O) groups excluding carboxylic acids is 2. The van der Waals surface area contributed by atoms with Gasteiger partial charge in [-0.3, -0.25) is 14.2 Å². The summed E-state index contributed by atoms with van der Waals surface area (Å²) in [4.78, 5) is 30.0. The predicted octanol–water partition coefficient (Wildman–Crippen LogP) is 4.72. The van der Waals surface area contributed by atoms with Crippen molar-refractivity contribution in [1.29, 1.82) is 0 Å². The molecule has 0 N–H and O–H groups in total. The van der Waals surface area contributed by atoms with Gasteiger partial charge in [-0.25, -0.2) is 0 Å². The lowest BCUT2D eigenvalue weighted by Gasteiger charge is -2.40. The van der Waals surface area contributed by atoms with Crippen LogP contribution < -0.4 is 4.74 Å². The zero-order valence-corrected chi connectivity index (χ0v) is 23.1. The summed E-state index contributed by atoms with van der Waals surface area (Å²) in [6, 6.07) is 25.1. The Labute approximate surface area is 232 Å². The number of nitrogens with zero attached hydrogens (tertiary/aromatic N) is 5. The van der Waals surface area contributed by atoms with Crippen molar-refractivity contribution in [2.45, 2.75) is 25.0 Å². The molecule has 8 nitrogen and oxygen atoms in total. The number of rotatable bonds is 7. The summed E-state index contributed by atoms with van der Waals surface area (Å²) in [5.41, 5.74) is 3.57. The molecule has 3 aromatic carbocycles. The van der Waals surface area contributed by atoms with Gasteiger partial charge in [0.2, 0.25) is 5.91 Å². The number of benzene rings is 3. The maximum absolute atomic E-state index is 13.2. The molecular weight excluding hydrogens is 510 g/mol. The molecule has 1 atom stereocenters. The quantitative estimate of drug-likeness (QED) is 0.315. The standard InChI is InChI=1S/C30H31N5O3S/c1-21-12-14-23(15-13-21)29(37)34-17-16-33(19-22(34)2)27(36)20-39-30-32-31-28(24-8-7-11-26(18-24)38-3)35(30)25-9-5-4-6-10-25/h4-15,18,22H,16-17,19-20H2,1-3H3. The van der Waals surface area contributed by atoms with Gasteiger partial charge in [-0.05, 0) is 50.2 Å². The predicted molar refractivity (Wildman–Crippen MR) is 152 cm³/mol. The second kappa shape index (κ2) is 11.7. The van der Waals surface area contributed by atoms with Crippen molar-refractivity contribution in [2.75, 3.05) is 32.5 Å². The number of para-hydroxylation sites is 1. The zero-order chi connectivity index (χ0) is 27.4. The van der Waals surface area contributed by atoms with Crippen molar-refractivity contribution < 1.29 is 14.3 Å². The van der Waals surface area contributed by atoms with Crippen LogP contribution in [0, 0.1) is 6.92 Å². The minimum Gasteiger partial charge on any atom is -0.497 e. The highest BCUT2D eigenvalue weighted by molar-refractivity contribution is 7.99. The maximum Gasteiger partial charge on any atom is 0.254 e. The number of ether oxygens (including phenoxy) is 1. The first-order valence-corrected chi connectivity index (χ1v) is 13.9. The van der Waals surface area contributed by atoms with Crippen LogP contribution in [0.4, 0.5) is 0 Å². The molecular formula is C30H31N5O3S. The van der Waals surface area contributed by atoms with Gasteiger partial charge in [0, 0.05) is 42.5 Å². The van der Waals surface area contributed by atoms with Crippen molar-refractivity contribution in [2.24, 2.45) is 0 Å². The molecule has 1 aliphatic rings. The summed E-state index contributed by atoms with van der Waals surface area (Å²) in [6.45, 7) is 5.50. The molecule has 200 valence electrons. The van der Waals surface area contributed by atoms with Crippen LogP contribution in [-0.4, -0.2) is 74.9 Å². The Morgan fingerprint density at radius 2 is 1.74 bits per heavy atom. The smallest absolute Gasteiger partial charge is 0.254 e. The van der Waals surface area contributed by atoms with E-state index in [2.05, 4.69) is 10.2 Å². The second-order valence-corrected chi connectivity index (χ2v) is 10.5. The fraction of sp³-hybridized carbons (Fsp3) is 0.267. The van der Waals surface area contributed by atoms with Gasteiger partial charge in [-0.2, -0.15) is 0 Å². The lowest BCUT2D eigenvalue weighted by atomic mass is 10.1. The molecule has 1 aromatic heterocycles. The Hall–Kier alpha value is -4.11. The lowest BCUT2D eigenvalue weighted by molar-refractivity contribution is -0.130. The summed E-state index contributed by atoms with van der Waals surface area (Å²) >= 11 is 1.36. The van der Waals surface area contributed by atoms with Crippen molar-refractivity contribution in [3.63, 3.8) is 0 Å². The van der Waals surface area contributed by atoms with E-state index in [-0.39, 0.29) is 23.6 Å². The van der Waals surface area contributed by atoms with Crippen LogP contribution in [0.25, 0.3) is 17.1 Å². The summed E-state index contributed by atoms with van der Waals surface area (Å²) in [6.07, 6.45) is 0. The summed E-state index contributed by atoms with van der Waals surface area (Å²) in [7, 11) is 1.63. The molecule has 0 radical (unpaired) electrons. The third-order valence-electron chi connectivity index (χ3n) is 6.84. The fourth-order valence-electron chi connectivity index (χ4n) is 4.69. The molecule has 1 fully saturated rings. The van der Waals surface area contributed by atoms with E-state index in [1.165, 1.54) is 11.8 Å². The molecule has 0 bridgehead atoms. The average molecular weight is 542 g/mol. The van der Waals surface area contributed by atoms with Gasteiger partial charge in [0.15, 0.2) is 11.0 Å². The number of hydrogen-bond donors (Lipinski definition) is 0. The topological polar surface area (TPSA) is 80.6 Å². The molecule has 0 aliphatic carbocycles. The summed E-state index contributed by atoms with van der Waals surface area (Å²) in [5, 5.41) is 9.55. The van der Waals surface area contributed by atoms with Crippen LogP contribution in [0.3, 0.4) is 0 Å². The Kier molecular flexibility index (Phi) is 7.97. The van der Waals surface area contributed by atoms with E-state index in [4.69, 9.17) is 4.74 Å². The van der Waals surface area contributed by atoms with Crippen molar-refractivity contribution in [3.05, 3.63) is 90.0 Å². The van der Waals surface area contributed by atoms with Gasteiger partial charge in [-0.1, -0.05) is 59.8 Å². The molecule has 2 heterocycles. The maximum atomic E-state index is 13.2. The number of thioether (sulfide) groups is 1. The molecule has 4 aromatic rings. The summed E-state index contributed by atoms with van der Waals surface area (Å²) < 4.78 is 7.36. The number of aryl methyl sites for hydroxylation is 1.